The fraction of sp³-hybridized carbons (Fsp3) is 0.517. The van der Waals surface area contributed by atoms with Crippen molar-refractivity contribution in [2.45, 2.75) is 76.1 Å². The standard InChI is InChI=1S/C29H38FN3O4/c30-22-11-13-23-24(16-19-37-26(23)14-12-22)33-29(36)21-8-5-17-32-28(20-6-2-1-3-7-20)25(31-18-15-21)9-4-10-27(34)35/h1-3,5-6,11,13,15,17-18,20-22,24,27,29,33-36H,4,7-10,12,14,16,19H2/b17-5+,18-15+,31-25-,32-28-. The number of allylic oxidation sites excluding steroid dienone is 7. The van der Waals surface area contributed by atoms with Crippen LogP contribution in [0, 0.1) is 11.8 Å². The number of alkyl halides is 1. The molecular weight excluding hydrogens is 473 g/mol. The van der Waals surface area contributed by atoms with Gasteiger partial charge < -0.3 is 20.1 Å². The summed E-state index contributed by atoms with van der Waals surface area (Å²) < 4.78 is 19.7. The number of aliphatic imine (C=N–C) groups is 2. The molecule has 200 valence electrons. The van der Waals surface area contributed by atoms with Gasteiger partial charge in [-0.25, -0.2) is 4.39 Å². The molecule has 0 amide bonds. The highest BCUT2D eigenvalue weighted by Crippen LogP contribution is 2.29. The van der Waals surface area contributed by atoms with Crippen LogP contribution in [-0.4, -0.2) is 58.1 Å². The van der Waals surface area contributed by atoms with Gasteiger partial charge in [0.15, 0.2) is 6.29 Å². The second-order valence-corrected chi connectivity index (χ2v) is 9.84. The van der Waals surface area contributed by atoms with Crippen molar-refractivity contribution in [1.82, 2.24) is 5.32 Å². The number of aliphatic hydroxyl groups is 3. The highest BCUT2D eigenvalue weighted by molar-refractivity contribution is 6.43. The molecule has 37 heavy (non-hydrogen) atoms. The second-order valence-electron chi connectivity index (χ2n) is 9.84. The first kappa shape index (κ1) is 27.4. The van der Waals surface area contributed by atoms with Crippen LogP contribution in [0.1, 0.15) is 51.4 Å². The molecule has 2 heterocycles. The Morgan fingerprint density at radius 3 is 2.73 bits per heavy atom. The average molecular weight is 512 g/mol. The zero-order valence-electron chi connectivity index (χ0n) is 21.1. The lowest BCUT2D eigenvalue weighted by atomic mass is 9.90. The summed E-state index contributed by atoms with van der Waals surface area (Å²) in [6.45, 7) is 0.535. The van der Waals surface area contributed by atoms with Crippen LogP contribution in [0.4, 0.5) is 4.39 Å². The molecule has 7 nitrogen and oxygen atoms in total. The van der Waals surface area contributed by atoms with Crippen molar-refractivity contribution in [2.24, 2.45) is 21.8 Å². The van der Waals surface area contributed by atoms with Crippen LogP contribution in [0.15, 0.2) is 82.3 Å². The number of hydrogen-bond donors (Lipinski definition) is 4. The molecule has 0 saturated carbocycles. The molecule has 0 bridgehead atoms. The van der Waals surface area contributed by atoms with Crippen molar-refractivity contribution < 1.29 is 24.4 Å². The van der Waals surface area contributed by atoms with E-state index in [1.54, 1.807) is 24.6 Å². The van der Waals surface area contributed by atoms with E-state index in [9.17, 15) is 19.7 Å². The minimum atomic E-state index is -1.35. The maximum Gasteiger partial charge on any atom is 0.151 e. The molecule has 5 unspecified atom stereocenters. The normalized spacial score (nSPS) is 33.4. The fourth-order valence-corrected chi connectivity index (χ4v) is 5.02. The number of nitrogens with one attached hydrogen (secondary N) is 1. The van der Waals surface area contributed by atoms with E-state index in [-0.39, 0.29) is 24.3 Å². The number of hydrogen-bond acceptors (Lipinski definition) is 7. The van der Waals surface area contributed by atoms with Crippen LogP contribution in [0.2, 0.25) is 0 Å². The predicted octanol–water partition coefficient (Wildman–Crippen LogP) is 4.17. The lowest BCUT2D eigenvalue weighted by Crippen LogP contribution is -2.45. The minimum absolute atomic E-state index is 0.107. The van der Waals surface area contributed by atoms with Crippen molar-refractivity contribution in [3.63, 3.8) is 0 Å². The first-order chi connectivity index (χ1) is 18.0. The van der Waals surface area contributed by atoms with Crippen LogP contribution >= 0.6 is 0 Å². The van der Waals surface area contributed by atoms with Gasteiger partial charge in [0.1, 0.15) is 18.2 Å². The van der Waals surface area contributed by atoms with Crippen LogP contribution in [-0.2, 0) is 4.74 Å². The molecule has 0 spiro atoms. The van der Waals surface area contributed by atoms with Gasteiger partial charge in [-0.3, -0.25) is 15.3 Å². The topological polar surface area (TPSA) is 107 Å². The Morgan fingerprint density at radius 2 is 1.92 bits per heavy atom. The van der Waals surface area contributed by atoms with Gasteiger partial charge in [-0.15, -0.1) is 0 Å². The van der Waals surface area contributed by atoms with Crippen LogP contribution in [0.5, 0.6) is 0 Å². The Labute approximate surface area is 218 Å². The van der Waals surface area contributed by atoms with Crippen LogP contribution in [0.3, 0.4) is 0 Å². The first-order valence-electron chi connectivity index (χ1n) is 13.3. The number of ether oxygens (including phenoxy) is 1. The highest BCUT2D eigenvalue weighted by Gasteiger charge is 2.28. The molecular formula is C29H38FN3O4. The third-order valence-electron chi connectivity index (χ3n) is 7.08. The van der Waals surface area contributed by atoms with Crippen molar-refractivity contribution in [3.8, 4) is 0 Å². The van der Waals surface area contributed by atoms with Gasteiger partial charge in [0.2, 0.25) is 0 Å². The monoisotopic (exact) mass is 511 g/mol. The summed E-state index contributed by atoms with van der Waals surface area (Å²) in [5.41, 5.74) is 2.59. The molecule has 0 aromatic rings. The molecule has 5 atom stereocenters. The van der Waals surface area contributed by atoms with E-state index in [0.717, 1.165) is 29.2 Å². The summed E-state index contributed by atoms with van der Waals surface area (Å²) in [6.07, 6.45) is 20.3. The quantitative estimate of drug-likeness (QED) is 0.366. The summed E-state index contributed by atoms with van der Waals surface area (Å²) in [5.74, 6) is 0.672. The summed E-state index contributed by atoms with van der Waals surface area (Å²) in [6, 6.07) is -0.118. The number of halogens is 1. The molecule has 0 aromatic carbocycles. The first-order valence-corrected chi connectivity index (χ1v) is 13.3. The van der Waals surface area contributed by atoms with E-state index >= 15 is 0 Å². The van der Waals surface area contributed by atoms with Crippen molar-refractivity contribution in [2.75, 3.05) is 6.61 Å². The fourth-order valence-electron chi connectivity index (χ4n) is 5.02. The summed E-state index contributed by atoms with van der Waals surface area (Å²) in [5, 5.41) is 33.0. The number of rotatable bonds is 8. The molecule has 0 fully saturated rings. The summed E-state index contributed by atoms with van der Waals surface area (Å²) in [4.78, 5) is 9.49. The maximum absolute atomic E-state index is 13.9. The molecule has 4 aliphatic rings. The Bertz CT molecular complexity index is 1020. The van der Waals surface area contributed by atoms with E-state index in [0.29, 0.717) is 45.1 Å². The van der Waals surface area contributed by atoms with E-state index in [1.165, 1.54) is 0 Å². The number of nitrogens with zero attached hydrogens (tertiary/aromatic N) is 2. The Balaban J connectivity index is 1.49. The molecule has 0 saturated heterocycles. The molecule has 2 aliphatic heterocycles. The zero-order chi connectivity index (χ0) is 26.0. The van der Waals surface area contributed by atoms with Crippen LogP contribution < -0.4 is 5.32 Å². The predicted molar refractivity (Wildman–Crippen MR) is 144 cm³/mol. The molecule has 8 heteroatoms. The molecule has 4 N–H and O–H groups in total. The minimum Gasteiger partial charge on any atom is -0.498 e. The van der Waals surface area contributed by atoms with E-state index < -0.39 is 18.7 Å². The second kappa shape index (κ2) is 13.8. The Hall–Kier alpha value is -2.65. The van der Waals surface area contributed by atoms with Crippen molar-refractivity contribution >= 4 is 11.4 Å². The smallest absolute Gasteiger partial charge is 0.151 e. The average Bonchev–Trinajstić information content (AvgIpc) is 3.09. The third-order valence-corrected chi connectivity index (χ3v) is 7.08. The Morgan fingerprint density at radius 1 is 1.03 bits per heavy atom. The van der Waals surface area contributed by atoms with Gasteiger partial charge >= 0.3 is 0 Å². The van der Waals surface area contributed by atoms with E-state index in [1.807, 2.05) is 24.3 Å². The molecule has 2 aliphatic carbocycles. The van der Waals surface area contributed by atoms with Crippen LogP contribution in [0.25, 0.3) is 0 Å². The lowest BCUT2D eigenvalue weighted by Gasteiger charge is -2.31. The Kier molecular flexibility index (Phi) is 10.2. The molecule has 0 radical (unpaired) electrons. The van der Waals surface area contributed by atoms with Gasteiger partial charge in [0, 0.05) is 48.7 Å². The zero-order valence-corrected chi connectivity index (χ0v) is 21.1. The van der Waals surface area contributed by atoms with Gasteiger partial charge in [0.05, 0.1) is 18.0 Å². The highest BCUT2D eigenvalue weighted by atomic mass is 19.1. The van der Waals surface area contributed by atoms with Gasteiger partial charge in [-0.05, 0) is 38.5 Å². The maximum atomic E-state index is 13.9. The number of aliphatic hydroxyl groups excluding tert-OH is 2. The van der Waals surface area contributed by atoms with Crippen molar-refractivity contribution in [3.05, 3.63) is 72.3 Å². The summed E-state index contributed by atoms with van der Waals surface area (Å²) in [7, 11) is 0. The summed E-state index contributed by atoms with van der Waals surface area (Å²) >= 11 is 0. The van der Waals surface area contributed by atoms with Gasteiger partial charge in [-0.1, -0.05) is 48.6 Å². The largest absolute Gasteiger partial charge is 0.498 e. The molecule has 0 aromatic heterocycles. The van der Waals surface area contributed by atoms with E-state index in [4.69, 9.17) is 14.7 Å². The van der Waals surface area contributed by atoms with Gasteiger partial charge in [0.25, 0.3) is 0 Å². The van der Waals surface area contributed by atoms with Crippen molar-refractivity contribution in [1.29, 1.82) is 0 Å². The lowest BCUT2D eigenvalue weighted by molar-refractivity contribution is -0.0458. The van der Waals surface area contributed by atoms with E-state index in [2.05, 4.69) is 17.5 Å². The third kappa shape index (κ3) is 7.92. The van der Waals surface area contributed by atoms with Gasteiger partial charge in [-0.2, -0.15) is 0 Å². The SMILES string of the molecule is OC(O)CCCC1=N/C=C/C(C(O)NC2CCOC3=C2C=CC(F)CC3)C/C=C/N=C\1C1C=CC=CC1. The molecule has 4 rings (SSSR count).